The summed E-state index contributed by atoms with van der Waals surface area (Å²) in [4.78, 5) is 22.9. The molecule has 0 aliphatic heterocycles. The first-order chi connectivity index (χ1) is 9.10. The number of rotatable bonds is 4. The molecule has 2 rings (SSSR count). The van der Waals surface area contributed by atoms with Crippen LogP contribution in [0.25, 0.3) is 0 Å². The van der Waals surface area contributed by atoms with Crippen molar-refractivity contribution < 1.29 is 14.6 Å². The average Bonchev–Trinajstić information content (AvgIpc) is 2.39. The first-order valence-corrected chi connectivity index (χ1v) is 5.44. The third kappa shape index (κ3) is 2.95. The molecule has 19 heavy (non-hydrogen) atoms. The predicted octanol–water partition coefficient (Wildman–Crippen LogP) is 1.63. The summed E-state index contributed by atoms with van der Waals surface area (Å²) in [5, 5.41) is 11.8. The highest BCUT2D eigenvalue weighted by Gasteiger charge is 2.09. The zero-order valence-corrected chi connectivity index (χ0v) is 10.4. The Morgan fingerprint density at radius 2 is 2.11 bits per heavy atom. The lowest BCUT2D eigenvalue weighted by molar-refractivity contribution is 0.0695. The van der Waals surface area contributed by atoms with Gasteiger partial charge in [-0.1, -0.05) is 0 Å². The first kappa shape index (κ1) is 12.7. The number of anilines is 2. The molecule has 2 heterocycles. The quantitative estimate of drug-likeness (QED) is 0.862. The Morgan fingerprint density at radius 3 is 2.63 bits per heavy atom. The molecular formula is C12H12N4O3. The van der Waals surface area contributed by atoms with Crippen LogP contribution in [0.15, 0.2) is 24.5 Å². The van der Waals surface area contributed by atoms with Crippen molar-refractivity contribution >= 4 is 17.6 Å². The second-order valence-electron chi connectivity index (χ2n) is 3.71. The molecule has 0 atom stereocenters. The number of aromatic nitrogens is 3. The van der Waals surface area contributed by atoms with Crippen LogP contribution in [0.4, 0.5) is 11.6 Å². The second-order valence-corrected chi connectivity index (χ2v) is 3.71. The van der Waals surface area contributed by atoms with E-state index >= 15 is 0 Å². The Balaban J connectivity index is 2.18. The number of carboxylic acid groups (broad SMARTS) is 1. The van der Waals surface area contributed by atoms with Gasteiger partial charge in [-0.05, 0) is 13.0 Å². The van der Waals surface area contributed by atoms with Gasteiger partial charge in [0, 0.05) is 12.3 Å². The average molecular weight is 260 g/mol. The number of aromatic carboxylic acids is 1. The third-order valence-electron chi connectivity index (χ3n) is 2.41. The predicted molar refractivity (Wildman–Crippen MR) is 67.8 cm³/mol. The molecule has 2 aromatic heterocycles. The van der Waals surface area contributed by atoms with E-state index in [2.05, 4.69) is 20.3 Å². The Labute approximate surface area is 109 Å². The molecule has 2 N–H and O–H groups in total. The second kappa shape index (κ2) is 5.30. The summed E-state index contributed by atoms with van der Waals surface area (Å²) in [5.41, 5.74) is 1.16. The topological polar surface area (TPSA) is 97.2 Å². The zero-order chi connectivity index (χ0) is 13.8. The van der Waals surface area contributed by atoms with Crippen LogP contribution in [0.5, 0.6) is 5.88 Å². The lowest BCUT2D eigenvalue weighted by atomic mass is 10.2. The Bertz CT molecular complexity index is 598. The summed E-state index contributed by atoms with van der Waals surface area (Å²) in [6.45, 7) is 1.61. The number of nitrogens with zero attached hydrogens (tertiary/aromatic N) is 3. The van der Waals surface area contributed by atoms with Crippen molar-refractivity contribution in [2.75, 3.05) is 12.4 Å². The minimum absolute atomic E-state index is 0.0819. The molecule has 7 nitrogen and oxygen atoms in total. The van der Waals surface area contributed by atoms with Crippen LogP contribution < -0.4 is 10.1 Å². The first-order valence-electron chi connectivity index (χ1n) is 5.44. The van der Waals surface area contributed by atoms with Gasteiger partial charge >= 0.3 is 5.97 Å². The smallest absolute Gasteiger partial charge is 0.339 e. The van der Waals surface area contributed by atoms with Crippen LogP contribution in [-0.2, 0) is 0 Å². The summed E-state index contributed by atoms with van der Waals surface area (Å²) >= 11 is 0. The van der Waals surface area contributed by atoms with Crippen LogP contribution in [0.1, 0.15) is 16.1 Å². The number of ether oxygens (including phenoxy) is 1. The molecule has 0 aromatic carbocycles. The van der Waals surface area contributed by atoms with Crippen molar-refractivity contribution in [2.24, 2.45) is 0 Å². The van der Waals surface area contributed by atoms with E-state index in [9.17, 15) is 4.79 Å². The molecule has 0 aliphatic carbocycles. The molecule has 0 aliphatic rings. The Hall–Kier alpha value is -2.70. The summed E-state index contributed by atoms with van der Waals surface area (Å²) in [7, 11) is 1.53. The molecule has 7 heteroatoms. The molecule has 0 radical (unpaired) electrons. The van der Waals surface area contributed by atoms with Crippen molar-refractivity contribution in [1.82, 2.24) is 15.0 Å². The van der Waals surface area contributed by atoms with Crippen molar-refractivity contribution in [1.29, 1.82) is 0 Å². The van der Waals surface area contributed by atoms with E-state index in [4.69, 9.17) is 9.84 Å². The van der Waals surface area contributed by atoms with Crippen LogP contribution in [0, 0.1) is 6.92 Å². The Kier molecular flexibility index (Phi) is 3.56. The molecule has 0 bridgehead atoms. The highest BCUT2D eigenvalue weighted by Crippen LogP contribution is 2.15. The molecule has 0 saturated heterocycles. The number of nitrogens with one attached hydrogen (secondary N) is 1. The van der Waals surface area contributed by atoms with Crippen LogP contribution in [0.3, 0.4) is 0 Å². The molecule has 0 unspecified atom stereocenters. The fourth-order valence-electron chi connectivity index (χ4n) is 1.44. The largest absolute Gasteiger partial charge is 0.481 e. The van der Waals surface area contributed by atoms with Crippen LogP contribution in [0.2, 0.25) is 0 Å². The monoisotopic (exact) mass is 260 g/mol. The maximum absolute atomic E-state index is 10.8. The molecule has 98 valence electrons. The minimum Gasteiger partial charge on any atom is -0.481 e. The maximum atomic E-state index is 10.8. The zero-order valence-electron chi connectivity index (χ0n) is 10.4. The van der Waals surface area contributed by atoms with E-state index in [-0.39, 0.29) is 5.56 Å². The van der Waals surface area contributed by atoms with Crippen LogP contribution in [-0.4, -0.2) is 33.1 Å². The van der Waals surface area contributed by atoms with Gasteiger partial charge in [0.05, 0.1) is 30.3 Å². The van der Waals surface area contributed by atoms with Gasteiger partial charge in [-0.3, -0.25) is 0 Å². The van der Waals surface area contributed by atoms with E-state index < -0.39 is 5.97 Å². The summed E-state index contributed by atoms with van der Waals surface area (Å²) in [6.07, 6.45) is 2.84. The molecule has 0 fully saturated rings. The number of pyridine rings is 1. The van der Waals surface area contributed by atoms with Crippen molar-refractivity contribution in [2.45, 2.75) is 6.92 Å². The van der Waals surface area contributed by atoms with Gasteiger partial charge in [-0.2, -0.15) is 0 Å². The van der Waals surface area contributed by atoms with Gasteiger partial charge in [-0.15, -0.1) is 0 Å². The number of hydrogen-bond acceptors (Lipinski definition) is 6. The minimum atomic E-state index is -1.05. The van der Waals surface area contributed by atoms with Gasteiger partial charge in [0.25, 0.3) is 0 Å². The van der Waals surface area contributed by atoms with Gasteiger partial charge in [0.1, 0.15) is 0 Å². The lowest BCUT2D eigenvalue weighted by Gasteiger charge is -2.06. The maximum Gasteiger partial charge on any atom is 0.339 e. The SMILES string of the molecule is COc1ccc(Nc2ncc(C(=O)O)c(C)n2)cn1. The third-order valence-corrected chi connectivity index (χ3v) is 2.41. The van der Waals surface area contributed by atoms with Crippen molar-refractivity contribution in [3.8, 4) is 5.88 Å². The van der Waals surface area contributed by atoms with Crippen molar-refractivity contribution in [3.63, 3.8) is 0 Å². The summed E-state index contributed by atoms with van der Waals surface area (Å²) < 4.78 is 4.95. The highest BCUT2D eigenvalue weighted by molar-refractivity contribution is 5.88. The van der Waals surface area contributed by atoms with E-state index in [1.165, 1.54) is 13.3 Å². The van der Waals surface area contributed by atoms with Gasteiger partial charge < -0.3 is 15.2 Å². The van der Waals surface area contributed by atoms with E-state index in [1.807, 2.05) is 0 Å². The fraction of sp³-hybridized carbons (Fsp3) is 0.167. The lowest BCUT2D eigenvalue weighted by Crippen LogP contribution is -2.06. The summed E-state index contributed by atoms with van der Waals surface area (Å²) in [6, 6.07) is 3.45. The number of methoxy groups -OCH3 is 1. The van der Waals surface area contributed by atoms with E-state index in [0.717, 1.165) is 0 Å². The van der Waals surface area contributed by atoms with Gasteiger partial charge in [-0.25, -0.2) is 19.7 Å². The van der Waals surface area contributed by atoms with Crippen LogP contribution >= 0.6 is 0 Å². The van der Waals surface area contributed by atoms with Crippen molar-refractivity contribution in [3.05, 3.63) is 35.8 Å². The number of aryl methyl sites for hydroxylation is 1. The van der Waals surface area contributed by atoms with Gasteiger partial charge in [0.2, 0.25) is 11.8 Å². The normalized spacial score (nSPS) is 10.0. The fourth-order valence-corrected chi connectivity index (χ4v) is 1.44. The number of carbonyl (C=O) groups is 1. The molecule has 2 aromatic rings. The van der Waals surface area contributed by atoms with Gasteiger partial charge in [0.15, 0.2) is 0 Å². The summed E-state index contributed by atoms with van der Waals surface area (Å²) in [5.74, 6) is -0.228. The number of carboxylic acids is 1. The highest BCUT2D eigenvalue weighted by atomic mass is 16.5. The van der Waals surface area contributed by atoms with E-state index in [0.29, 0.717) is 23.2 Å². The molecule has 0 amide bonds. The standard InChI is InChI=1S/C12H12N4O3/c1-7-9(11(17)18)6-14-12(15-7)16-8-3-4-10(19-2)13-5-8/h3-6H,1-2H3,(H,17,18)(H,14,15,16). The number of hydrogen-bond donors (Lipinski definition) is 2. The molecule has 0 spiro atoms. The molecular weight excluding hydrogens is 248 g/mol. The van der Waals surface area contributed by atoms with E-state index in [1.54, 1.807) is 25.3 Å². The molecule has 0 saturated carbocycles. The Morgan fingerprint density at radius 1 is 1.32 bits per heavy atom.